The molecule has 150 valence electrons. The number of halogens is 1. The van der Waals surface area contributed by atoms with Gasteiger partial charge < -0.3 is 5.32 Å². The molecule has 1 N–H and O–H groups in total. The Morgan fingerprint density at radius 2 is 1.83 bits per heavy atom. The molecule has 0 saturated carbocycles. The zero-order valence-corrected chi connectivity index (χ0v) is 17.2. The standard InChI is InChI=1S/C20H18FN3O3S2/c1-13-18(28-20(22-13)14-3-5-15(21)6-4-14)19(25)23-16-7-9-17(10-8-16)24-11-2-12-29(24,26)27/h3-10H,2,11-12H2,1H3,(H,23,25). The molecule has 0 radical (unpaired) electrons. The Morgan fingerprint density at radius 3 is 2.45 bits per heavy atom. The fourth-order valence-electron chi connectivity index (χ4n) is 3.15. The van der Waals surface area contributed by atoms with Gasteiger partial charge in [-0.2, -0.15) is 0 Å². The molecule has 0 atom stereocenters. The van der Waals surface area contributed by atoms with Crippen LogP contribution in [0.25, 0.3) is 10.6 Å². The molecule has 3 aromatic rings. The first-order valence-corrected chi connectivity index (χ1v) is 11.4. The van der Waals surface area contributed by atoms with Gasteiger partial charge in [-0.3, -0.25) is 9.10 Å². The Kier molecular flexibility index (Phi) is 5.10. The van der Waals surface area contributed by atoms with Gasteiger partial charge >= 0.3 is 0 Å². The number of hydrogen-bond acceptors (Lipinski definition) is 5. The lowest BCUT2D eigenvalue weighted by Crippen LogP contribution is -2.24. The van der Waals surface area contributed by atoms with Crippen LogP contribution in [0.15, 0.2) is 48.5 Å². The number of sulfonamides is 1. The lowest BCUT2D eigenvalue weighted by atomic mass is 10.2. The van der Waals surface area contributed by atoms with Gasteiger partial charge in [0.15, 0.2) is 0 Å². The molecule has 1 aliphatic rings. The molecule has 0 bridgehead atoms. The van der Waals surface area contributed by atoms with Crippen LogP contribution in [0.4, 0.5) is 15.8 Å². The predicted octanol–water partition coefficient (Wildman–Crippen LogP) is 4.05. The molecule has 4 rings (SSSR count). The molecule has 0 aliphatic carbocycles. The summed E-state index contributed by atoms with van der Waals surface area (Å²) in [5, 5.41) is 3.46. The zero-order chi connectivity index (χ0) is 20.6. The summed E-state index contributed by atoms with van der Waals surface area (Å²) in [6, 6.07) is 12.7. The summed E-state index contributed by atoms with van der Waals surface area (Å²) in [4.78, 5) is 17.6. The van der Waals surface area contributed by atoms with Crippen LogP contribution in [0, 0.1) is 12.7 Å². The molecule has 2 heterocycles. The predicted molar refractivity (Wildman–Crippen MR) is 112 cm³/mol. The first kappa shape index (κ1) is 19.5. The van der Waals surface area contributed by atoms with Crippen LogP contribution < -0.4 is 9.62 Å². The number of benzene rings is 2. The molecule has 1 amide bonds. The van der Waals surface area contributed by atoms with Crippen molar-refractivity contribution in [1.29, 1.82) is 0 Å². The van der Waals surface area contributed by atoms with E-state index in [0.717, 1.165) is 5.56 Å². The van der Waals surface area contributed by atoms with Crippen molar-refractivity contribution < 1.29 is 17.6 Å². The first-order chi connectivity index (χ1) is 13.8. The Morgan fingerprint density at radius 1 is 1.14 bits per heavy atom. The quantitative estimate of drug-likeness (QED) is 0.676. The van der Waals surface area contributed by atoms with E-state index in [-0.39, 0.29) is 17.5 Å². The van der Waals surface area contributed by atoms with E-state index in [2.05, 4.69) is 10.3 Å². The largest absolute Gasteiger partial charge is 0.321 e. The van der Waals surface area contributed by atoms with Gasteiger partial charge in [-0.15, -0.1) is 11.3 Å². The van der Waals surface area contributed by atoms with Gasteiger partial charge in [-0.05, 0) is 61.9 Å². The third-order valence-electron chi connectivity index (χ3n) is 4.61. The van der Waals surface area contributed by atoms with Crippen molar-refractivity contribution in [2.45, 2.75) is 13.3 Å². The zero-order valence-electron chi connectivity index (χ0n) is 15.6. The van der Waals surface area contributed by atoms with Crippen LogP contribution in [0.1, 0.15) is 21.8 Å². The Balaban J connectivity index is 1.50. The van der Waals surface area contributed by atoms with E-state index < -0.39 is 10.0 Å². The van der Waals surface area contributed by atoms with E-state index in [4.69, 9.17) is 0 Å². The number of carbonyl (C=O) groups excluding carboxylic acids is 1. The highest BCUT2D eigenvalue weighted by atomic mass is 32.2. The number of aromatic nitrogens is 1. The van der Waals surface area contributed by atoms with E-state index in [1.807, 2.05) is 0 Å². The molecule has 9 heteroatoms. The van der Waals surface area contributed by atoms with Crippen LogP contribution in [-0.4, -0.2) is 31.6 Å². The van der Waals surface area contributed by atoms with E-state index in [1.165, 1.54) is 27.8 Å². The van der Waals surface area contributed by atoms with Crippen LogP contribution in [0.3, 0.4) is 0 Å². The fraction of sp³-hybridized carbons (Fsp3) is 0.200. The van der Waals surface area contributed by atoms with Crippen LogP contribution in [-0.2, 0) is 10.0 Å². The third-order valence-corrected chi connectivity index (χ3v) is 7.68. The number of thiazole rings is 1. The number of rotatable bonds is 4. The summed E-state index contributed by atoms with van der Waals surface area (Å²) < 4.78 is 38.5. The van der Waals surface area contributed by atoms with Crippen LogP contribution in [0.2, 0.25) is 0 Å². The molecule has 1 fully saturated rings. The second-order valence-electron chi connectivity index (χ2n) is 6.68. The summed E-state index contributed by atoms with van der Waals surface area (Å²) >= 11 is 1.24. The van der Waals surface area contributed by atoms with Gasteiger partial charge in [0.1, 0.15) is 15.7 Å². The molecule has 1 saturated heterocycles. The highest BCUT2D eigenvalue weighted by molar-refractivity contribution is 7.93. The normalized spacial score (nSPS) is 15.4. The van der Waals surface area contributed by atoms with Gasteiger partial charge in [-0.1, -0.05) is 0 Å². The molecular formula is C20H18FN3O3S2. The molecule has 0 unspecified atom stereocenters. The smallest absolute Gasteiger partial charge is 0.267 e. The monoisotopic (exact) mass is 431 g/mol. The van der Waals surface area contributed by atoms with Crippen LogP contribution >= 0.6 is 11.3 Å². The van der Waals surface area contributed by atoms with Gasteiger partial charge in [-0.25, -0.2) is 17.8 Å². The van der Waals surface area contributed by atoms with Crippen molar-refractivity contribution in [3.8, 4) is 10.6 Å². The van der Waals surface area contributed by atoms with E-state index in [1.54, 1.807) is 43.3 Å². The fourth-order valence-corrected chi connectivity index (χ4v) is 5.68. The van der Waals surface area contributed by atoms with Crippen molar-refractivity contribution in [2.24, 2.45) is 0 Å². The summed E-state index contributed by atoms with van der Waals surface area (Å²) in [5.74, 6) is -0.466. The van der Waals surface area contributed by atoms with E-state index >= 15 is 0 Å². The average Bonchev–Trinajstić information content (AvgIpc) is 3.25. The van der Waals surface area contributed by atoms with E-state index in [9.17, 15) is 17.6 Å². The minimum absolute atomic E-state index is 0.159. The summed E-state index contributed by atoms with van der Waals surface area (Å²) in [6.45, 7) is 2.22. The third kappa shape index (κ3) is 4.01. The lowest BCUT2D eigenvalue weighted by molar-refractivity contribution is 0.103. The maximum atomic E-state index is 13.1. The number of aryl methyl sites for hydroxylation is 1. The summed E-state index contributed by atoms with van der Waals surface area (Å²) in [6.07, 6.45) is 0.613. The number of carbonyl (C=O) groups is 1. The summed E-state index contributed by atoms with van der Waals surface area (Å²) in [7, 11) is -3.24. The molecule has 2 aromatic carbocycles. The molecule has 1 aromatic heterocycles. The number of anilines is 2. The molecule has 6 nitrogen and oxygen atoms in total. The minimum atomic E-state index is -3.24. The SMILES string of the molecule is Cc1nc(-c2ccc(F)cc2)sc1C(=O)Nc1ccc(N2CCCS2(=O)=O)cc1. The number of hydrogen-bond donors (Lipinski definition) is 1. The molecule has 29 heavy (non-hydrogen) atoms. The highest BCUT2D eigenvalue weighted by Gasteiger charge is 2.28. The van der Waals surface area contributed by atoms with Gasteiger partial charge in [0.2, 0.25) is 10.0 Å². The number of nitrogens with one attached hydrogen (secondary N) is 1. The van der Waals surface area contributed by atoms with Gasteiger partial charge in [0.05, 0.1) is 17.1 Å². The topological polar surface area (TPSA) is 79.4 Å². The maximum absolute atomic E-state index is 13.1. The van der Waals surface area contributed by atoms with E-state index in [0.29, 0.717) is 39.9 Å². The van der Waals surface area contributed by atoms with Crippen molar-refractivity contribution in [3.63, 3.8) is 0 Å². The van der Waals surface area contributed by atoms with Crippen molar-refractivity contribution >= 4 is 38.6 Å². The summed E-state index contributed by atoms with van der Waals surface area (Å²) in [5.41, 5.74) is 2.49. The van der Waals surface area contributed by atoms with Gasteiger partial charge in [0, 0.05) is 17.8 Å². The highest BCUT2D eigenvalue weighted by Crippen LogP contribution is 2.29. The lowest BCUT2D eigenvalue weighted by Gasteiger charge is -2.17. The van der Waals surface area contributed by atoms with Crippen molar-refractivity contribution in [1.82, 2.24) is 4.98 Å². The van der Waals surface area contributed by atoms with Gasteiger partial charge in [0.25, 0.3) is 5.91 Å². The average molecular weight is 432 g/mol. The second kappa shape index (κ2) is 7.57. The first-order valence-electron chi connectivity index (χ1n) is 8.99. The minimum Gasteiger partial charge on any atom is -0.321 e. The molecule has 1 aliphatic heterocycles. The Labute approximate surface area is 172 Å². The van der Waals surface area contributed by atoms with Crippen LogP contribution in [0.5, 0.6) is 0 Å². The second-order valence-corrected chi connectivity index (χ2v) is 9.70. The Bertz CT molecular complexity index is 1160. The van der Waals surface area contributed by atoms with Crippen molar-refractivity contribution in [3.05, 3.63) is 64.9 Å². The molecular weight excluding hydrogens is 413 g/mol. The Hall–Kier alpha value is -2.78. The molecule has 0 spiro atoms. The van der Waals surface area contributed by atoms with Crippen molar-refractivity contribution in [2.75, 3.05) is 21.9 Å². The number of amides is 1. The number of nitrogens with zero attached hydrogens (tertiary/aromatic N) is 2. The maximum Gasteiger partial charge on any atom is 0.267 e.